The Balaban J connectivity index is 2.69. The maximum atomic E-state index is 12.2. The molecule has 0 radical (unpaired) electrons. The summed E-state index contributed by atoms with van der Waals surface area (Å²) in [5, 5.41) is 11.6. The van der Waals surface area contributed by atoms with Gasteiger partial charge < -0.3 is 20.2 Å². The second-order valence-electron chi connectivity index (χ2n) is 5.12. The minimum absolute atomic E-state index is 0.152. The molecule has 110 valence electrons. The van der Waals surface area contributed by atoms with Crippen LogP contribution in [-0.4, -0.2) is 65.7 Å². The highest BCUT2D eigenvalue weighted by Crippen LogP contribution is 2.12. The van der Waals surface area contributed by atoms with Crippen LogP contribution in [0.2, 0.25) is 0 Å². The van der Waals surface area contributed by atoms with Crippen molar-refractivity contribution in [1.29, 1.82) is 0 Å². The number of carboxylic acid groups (broad SMARTS) is 1. The molecule has 0 aromatic heterocycles. The van der Waals surface area contributed by atoms with E-state index >= 15 is 0 Å². The summed E-state index contributed by atoms with van der Waals surface area (Å²) < 4.78 is 0. The van der Waals surface area contributed by atoms with Crippen molar-refractivity contribution >= 4 is 12.0 Å². The highest BCUT2D eigenvalue weighted by atomic mass is 16.4. The van der Waals surface area contributed by atoms with Crippen molar-refractivity contribution in [3.8, 4) is 0 Å². The number of hydrogen-bond acceptors (Lipinski definition) is 3. The number of likely N-dealkylation sites (N-methyl/N-ethyl adjacent to an activating group) is 1. The van der Waals surface area contributed by atoms with Crippen LogP contribution in [0, 0.1) is 0 Å². The summed E-state index contributed by atoms with van der Waals surface area (Å²) in [6, 6.07) is -0.902. The fraction of sp³-hybridized carbons (Fsp3) is 0.846. The normalized spacial score (nSPS) is 22.7. The van der Waals surface area contributed by atoms with Crippen LogP contribution in [0.3, 0.4) is 0 Å². The number of rotatable bonds is 4. The summed E-state index contributed by atoms with van der Waals surface area (Å²) in [5.41, 5.74) is 0. The van der Waals surface area contributed by atoms with Crippen LogP contribution in [0.25, 0.3) is 0 Å². The smallest absolute Gasteiger partial charge is 0.326 e. The molecule has 1 saturated heterocycles. The summed E-state index contributed by atoms with van der Waals surface area (Å²) in [7, 11) is 2.05. The first-order chi connectivity index (χ1) is 8.99. The lowest BCUT2D eigenvalue weighted by molar-refractivity contribution is -0.139. The fourth-order valence-electron chi connectivity index (χ4n) is 2.43. The molecule has 0 spiro atoms. The third kappa shape index (κ3) is 4.38. The fourth-order valence-corrected chi connectivity index (χ4v) is 2.43. The maximum absolute atomic E-state index is 12.2. The van der Waals surface area contributed by atoms with E-state index in [9.17, 15) is 9.59 Å². The number of urea groups is 1. The van der Waals surface area contributed by atoms with Crippen molar-refractivity contribution in [2.24, 2.45) is 0 Å². The first-order valence-electron chi connectivity index (χ1n) is 6.98. The number of carbonyl (C=O) groups is 2. The van der Waals surface area contributed by atoms with Crippen LogP contribution >= 0.6 is 0 Å². The van der Waals surface area contributed by atoms with Crippen LogP contribution in [0.1, 0.15) is 33.1 Å². The predicted octanol–water partition coefficient (Wildman–Crippen LogP) is 0.975. The molecule has 2 amide bonds. The number of carboxylic acids is 1. The largest absolute Gasteiger partial charge is 0.480 e. The Bertz CT molecular complexity index is 322. The summed E-state index contributed by atoms with van der Waals surface area (Å²) in [4.78, 5) is 27.2. The second kappa shape index (κ2) is 7.33. The molecule has 1 aliphatic heterocycles. The number of nitrogens with one attached hydrogen (secondary N) is 1. The third-order valence-electron chi connectivity index (χ3n) is 3.64. The van der Waals surface area contributed by atoms with E-state index < -0.39 is 12.0 Å². The van der Waals surface area contributed by atoms with Crippen LogP contribution < -0.4 is 5.32 Å². The van der Waals surface area contributed by atoms with Crippen molar-refractivity contribution in [2.75, 3.05) is 26.7 Å². The Kier molecular flexibility index (Phi) is 6.08. The highest BCUT2D eigenvalue weighted by Gasteiger charge is 2.28. The first kappa shape index (κ1) is 15.8. The SMILES string of the molecule is CCC1CN(C)CCCN1C(=O)N[C@@H](CC)C(=O)O. The lowest BCUT2D eigenvalue weighted by atomic mass is 10.2. The molecule has 1 fully saturated rings. The molecular weight excluding hydrogens is 246 g/mol. The average Bonchev–Trinajstić information content (AvgIpc) is 2.56. The first-order valence-corrected chi connectivity index (χ1v) is 6.98. The zero-order valence-corrected chi connectivity index (χ0v) is 12.1. The predicted molar refractivity (Wildman–Crippen MR) is 73.1 cm³/mol. The van der Waals surface area contributed by atoms with E-state index in [4.69, 9.17) is 5.11 Å². The van der Waals surface area contributed by atoms with Gasteiger partial charge in [0.05, 0.1) is 0 Å². The van der Waals surface area contributed by atoms with Gasteiger partial charge in [-0.3, -0.25) is 0 Å². The van der Waals surface area contributed by atoms with Gasteiger partial charge in [0.1, 0.15) is 6.04 Å². The lowest BCUT2D eigenvalue weighted by Crippen LogP contribution is -2.52. The zero-order valence-electron chi connectivity index (χ0n) is 12.1. The molecule has 1 heterocycles. The van der Waals surface area contributed by atoms with Gasteiger partial charge in [-0.1, -0.05) is 13.8 Å². The Morgan fingerprint density at radius 1 is 1.37 bits per heavy atom. The van der Waals surface area contributed by atoms with Crippen LogP contribution in [-0.2, 0) is 4.79 Å². The third-order valence-corrected chi connectivity index (χ3v) is 3.64. The molecule has 1 rings (SSSR count). The van der Waals surface area contributed by atoms with Gasteiger partial charge in [-0.2, -0.15) is 0 Å². The quantitative estimate of drug-likeness (QED) is 0.799. The number of aliphatic carboxylic acids is 1. The number of nitrogens with zero attached hydrogens (tertiary/aromatic N) is 2. The molecule has 19 heavy (non-hydrogen) atoms. The minimum atomic E-state index is -0.976. The standard InChI is InChI=1S/C13H25N3O3/c1-4-10-9-15(3)7-6-8-16(10)13(19)14-11(5-2)12(17)18/h10-11H,4-9H2,1-3H3,(H,14,19)(H,17,18)/t10?,11-/m0/s1. The van der Waals surface area contributed by atoms with Gasteiger partial charge in [0.15, 0.2) is 0 Å². The van der Waals surface area contributed by atoms with E-state index in [1.165, 1.54) is 0 Å². The molecule has 6 heteroatoms. The minimum Gasteiger partial charge on any atom is -0.480 e. The van der Waals surface area contributed by atoms with Crippen molar-refractivity contribution in [2.45, 2.75) is 45.2 Å². The molecule has 2 atom stereocenters. The molecule has 0 aromatic carbocycles. The summed E-state index contributed by atoms with van der Waals surface area (Å²) in [6.07, 6.45) is 2.19. The molecule has 6 nitrogen and oxygen atoms in total. The average molecular weight is 271 g/mol. The van der Waals surface area contributed by atoms with E-state index in [-0.39, 0.29) is 12.1 Å². The van der Waals surface area contributed by atoms with Crippen molar-refractivity contribution in [1.82, 2.24) is 15.1 Å². The van der Waals surface area contributed by atoms with E-state index in [2.05, 4.69) is 24.2 Å². The molecule has 1 aliphatic rings. The topological polar surface area (TPSA) is 72.9 Å². The van der Waals surface area contributed by atoms with Crippen LogP contribution in [0.15, 0.2) is 0 Å². The monoisotopic (exact) mass is 271 g/mol. The summed E-state index contributed by atoms with van der Waals surface area (Å²) in [5.74, 6) is -0.976. The van der Waals surface area contributed by atoms with Gasteiger partial charge in [-0.15, -0.1) is 0 Å². The zero-order chi connectivity index (χ0) is 14.4. The van der Waals surface area contributed by atoms with Gasteiger partial charge in [-0.25, -0.2) is 9.59 Å². The van der Waals surface area contributed by atoms with Gasteiger partial charge in [0.2, 0.25) is 0 Å². The lowest BCUT2D eigenvalue weighted by Gasteiger charge is -2.31. The van der Waals surface area contributed by atoms with Gasteiger partial charge >= 0.3 is 12.0 Å². The molecular formula is C13H25N3O3. The van der Waals surface area contributed by atoms with E-state index in [0.29, 0.717) is 13.0 Å². The maximum Gasteiger partial charge on any atom is 0.326 e. The molecule has 0 aromatic rings. The summed E-state index contributed by atoms with van der Waals surface area (Å²) >= 11 is 0. The highest BCUT2D eigenvalue weighted by molar-refractivity contribution is 5.82. The number of hydrogen-bond donors (Lipinski definition) is 2. The van der Waals surface area contributed by atoms with Crippen molar-refractivity contribution in [3.05, 3.63) is 0 Å². The Morgan fingerprint density at radius 2 is 2.05 bits per heavy atom. The van der Waals surface area contributed by atoms with Gasteiger partial charge in [0.25, 0.3) is 0 Å². The number of carbonyl (C=O) groups excluding carboxylic acids is 1. The second-order valence-corrected chi connectivity index (χ2v) is 5.12. The Morgan fingerprint density at radius 3 is 2.58 bits per heavy atom. The Labute approximate surface area is 114 Å². The van der Waals surface area contributed by atoms with Gasteiger partial charge in [0, 0.05) is 19.1 Å². The van der Waals surface area contributed by atoms with E-state index in [0.717, 1.165) is 25.9 Å². The molecule has 2 N–H and O–H groups in total. The summed E-state index contributed by atoms with van der Waals surface area (Å²) in [6.45, 7) is 6.31. The molecule has 0 saturated carbocycles. The Hall–Kier alpha value is -1.30. The van der Waals surface area contributed by atoms with Gasteiger partial charge in [-0.05, 0) is 32.9 Å². The molecule has 0 bridgehead atoms. The molecule has 0 aliphatic carbocycles. The van der Waals surface area contributed by atoms with E-state index in [1.807, 2.05) is 0 Å². The van der Waals surface area contributed by atoms with Crippen LogP contribution in [0.5, 0.6) is 0 Å². The van der Waals surface area contributed by atoms with Crippen LogP contribution in [0.4, 0.5) is 4.79 Å². The van der Waals surface area contributed by atoms with Crippen molar-refractivity contribution < 1.29 is 14.7 Å². The van der Waals surface area contributed by atoms with Crippen molar-refractivity contribution in [3.63, 3.8) is 0 Å². The van der Waals surface area contributed by atoms with E-state index in [1.54, 1.807) is 11.8 Å². The molecule has 1 unspecified atom stereocenters. The number of amides is 2.